The topological polar surface area (TPSA) is 67.6 Å². The highest BCUT2D eigenvalue weighted by molar-refractivity contribution is 5.64. The van der Waals surface area contributed by atoms with Gasteiger partial charge >= 0.3 is 0 Å². The first kappa shape index (κ1) is 15.5. The molecule has 4 heterocycles. The number of rotatable bonds is 4. The Morgan fingerprint density at radius 2 is 1.96 bits per heavy atom. The zero-order valence-electron chi connectivity index (χ0n) is 14.2. The van der Waals surface area contributed by atoms with Crippen LogP contribution in [0.15, 0.2) is 30.7 Å². The van der Waals surface area contributed by atoms with Crippen molar-refractivity contribution in [2.75, 3.05) is 36.5 Å². The molecule has 0 aromatic carbocycles. The average Bonchev–Trinajstić information content (AvgIpc) is 3.40. The summed E-state index contributed by atoms with van der Waals surface area (Å²) in [6, 6.07) is 4.38. The summed E-state index contributed by atoms with van der Waals surface area (Å²) in [5.74, 6) is 0.00751. The molecule has 7 nitrogen and oxygen atoms in total. The SMILES string of the molecule is Fc1cnc(NC2CC2)nc1-c1cnc2ccc(N3CCOCC3)cn12. The number of hydrogen-bond donors (Lipinski definition) is 1. The average molecular weight is 354 g/mol. The number of anilines is 2. The van der Waals surface area contributed by atoms with Gasteiger partial charge in [0.1, 0.15) is 11.3 Å². The summed E-state index contributed by atoms with van der Waals surface area (Å²) < 4.78 is 21.8. The molecule has 0 radical (unpaired) electrons. The van der Waals surface area contributed by atoms with Crippen LogP contribution in [0, 0.1) is 5.82 Å². The molecular formula is C18H19FN6O. The monoisotopic (exact) mass is 354 g/mol. The van der Waals surface area contributed by atoms with Crippen molar-refractivity contribution in [2.45, 2.75) is 18.9 Å². The van der Waals surface area contributed by atoms with Crippen molar-refractivity contribution in [3.8, 4) is 11.4 Å². The summed E-state index contributed by atoms with van der Waals surface area (Å²) in [5.41, 5.74) is 2.70. The van der Waals surface area contributed by atoms with Gasteiger partial charge in [0, 0.05) is 25.3 Å². The van der Waals surface area contributed by atoms with Gasteiger partial charge in [0.05, 0.1) is 37.0 Å². The highest BCUT2D eigenvalue weighted by Gasteiger charge is 2.23. The van der Waals surface area contributed by atoms with Gasteiger partial charge < -0.3 is 15.0 Å². The molecule has 1 saturated carbocycles. The Morgan fingerprint density at radius 3 is 2.77 bits per heavy atom. The van der Waals surface area contributed by atoms with Crippen molar-refractivity contribution in [1.82, 2.24) is 19.4 Å². The molecule has 2 fully saturated rings. The lowest BCUT2D eigenvalue weighted by Gasteiger charge is -2.28. The quantitative estimate of drug-likeness (QED) is 0.776. The van der Waals surface area contributed by atoms with Gasteiger partial charge in [-0.2, -0.15) is 0 Å². The maximum Gasteiger partial charge on any atom is 0.223 e. The number of nitrogens with one attached hydrogen (secondary N) is 1. The number of halogens is 1. The Morgan fingerprint density at radius 1 is 1.12 bits per heavy atom. The van der Waals surface area contributed by atoms with Crippen LogP contribution < -0.4 is 10.2 Å². The summed E-state index contributed by atoms with van der Waals surface area (Å²) in [7, 11) is 0. The summed E-state index contributed by atoms with van der Waals surface area (Å²) in [5, 5.41) is 3.22. The van der Waals surface area contributed by atoms with Crippen LogP contribution >= 0.6 is 0 Å². The zero-order chi connectivity index (χ0) is 17.5. The highest BCUT2D eigenvalue weighted by Crippen LogP contribution is 2.27. The van der Waals surface area contributed by atoms with Gasteiger partial charge in [-0.05, 0) is 25.0 Å². The lowest BCUT2D eigenvalue weighted by molar-refractivity contribution is 0.122. The molecular weight excluding hydrogens is 335 g/mol. The van der Waals surface area contributed by atoms with Crippen LogP contribution in [0.2, 0.25) is 0 Å². The van der Waals surface area contributed by atoms with Gasteiger partial charge in [0.15, 0.2) is 5.82 Å². The van der Waals surface area contributed by atoms with Gasteiger partial charge in [0.2, 0.25) is 5.95 Å². The third kappa shape index (κ3) is 2.86. The largest absolute Gasteiger partial charge is 0.378 e. The van der Waals surface area contributed by atoms with E-state index in [-0.39, 0.29) is 5.69 Å². The summed E-state index contributed by atoms with van der Waals surface area (Å²) in [6.07, 6.45) is 7.07. The summed E-state index contributed by atoms with van der Waals surface area (Å²) in [6.45, 7) is 3.11. The van der Waals surface area contributed by atoms with E-state index in [0.29, 0.717) is 30.9 Å². The molecule has 1 N–H and O–H groups in total. The molecule has 1 saturated heterocycles. The maximum atomic E-state index is 14.4. The smallest absolute Gasteiger partial charge is 0.223 e. The minimum atomic E-state index is -0.454. The van der Waals surface area contributed by atoms with Crippen LogP contribution in [0.5, 0.6) is 0 Å². The second-order valence-electron chi connectivity index (χ2n) is 6.67. The molecule has 0 amide bonds. The number of morpholine rings is 1. The highest BCUT2D eigenvalue weighted by atomic mass is 19.1. The van der Waals surface area contributed by atoms with Crippen LogP contribution in [0.4, 0.5) is 16.0 Å². The van der Waals surface area contributed by atoms with Crippen molar-refractivity contribution in [1.29, 1.82) is 0 Å². The van der Waals surface area contributed by atoms with Gasteiger partial charge in [-0.25, -0.2) is 19.3 Å². The molecule has 134 valence electrons. The normalized spacial score (nSPS) is 17.7. The van der Waals surface area contributed by atoms with E-state index in [0.717, 1.165) is 37.3 Å². The number of fused-ring (bicyclic) bond motifs is 1. The van der Waals surface area contributed by atoms with E-state index in [1.807, 2.05) is 22.7 Å². The minimum absolute atomic E-state index is 0.259. The fourth-order valence-corrected chi connectivity index (χ4v) is 3.18. The second kappa shape index (κ2) is 6.21. The molecule has 1 aliphatic carbocycles. The standard InChI is InChI=1S/C18H19FN6O/c19-14-9-21-18(22-12-1-2-12)23-17(14)15-10-20-16-4-3-13(11-25(15)16)24-5-7-26-8-6-24/h3-4,9-12H,1-2,5-8H2,(H,21,22,23). The van der Waals surface area contributed by atoms with Gasteiger partial charge in [-0.3, -0.25) is 4.40 Å². The van der Waals surface area contributed by atoms with Crippen molar-refractivity contribution in [2.24, 2.45) is 0 Å². The van der Waals surface area contributed by atoms with Gasteiger partial charge in [-0.1, -0.05) is 0 Å². The van der Waals surface area contributed by atoms with Crippen LogP contribution in [0.1, 0.15) is 12.8 Å². The molecule has 0 bridgehead atoms. The molecule has 0 spiro atoms. The zero-order valence-corrected chi connectivity index (χ0v) is 14.2. The number of nitrogens with zero attached hydrogens (tertiary/aromatic N) is 5. The Hall–Kier alpha value is -2.74. The fraction of sp³-hybridized carbons (Fsp3) is 0.389. The molecule has 1 aliphatic heterocycles. The van der Waals surface area contributed by atoms with E-state index >= 15 is 0 Å². The Bertz CT molecular complexity index is 948. The van der Waals surface area contributed by atoms with E-state index < -0.39 is 5.82 Å². The molecule has 2 aliphatic rings. The molecule has 3 aromatic heterocycles. The molecule has 0 unspecified atom stereocenters. The Kier molecular flexibility index (Phi) is 3.70. The molecule has 8 heteroatoms. The molecule has 0 atom stereocenters. The van der Waals surface area contributed by atoms with E-state index in [4.69, 9.17) is 4.74 Å². The van der Waals surface area contributed by atoms with Gasteiger partial charge in [-0.15, -0.1) is 0 Å². The molecule has 3 aromatic rings. The van der Waals surface area contributed by atoms with E-state index in [1.165, 1.54) is 6.20 Å². The van der Waals surface area contributed by atoms with E-state index in [9.17, 15) is 4.39 Å². The molecule has 5 rings (SSSR count). The predicted molar refractivity (Wildman–Crippen MR) is 95.9 cm³/mol. The van der Waals surface area contributed by atoms with Crippen molar-refractivity contribution < 1.29 is 9.13 Å². The van der Waals surface area contributed by atoms with Crippen molar-refractivity contribution >= 4 is 17.3 Å². The van der Waals surface area contributed by atoms with Crippen LogP contribution in [-0.2, 0) is 4.74 Å². The third-order valence-electron chi connectivity index (χ3n) is 4.76. The second-order valence-corrected chi connectivity index (χ2v) is 6.67. The minimum Gasteiger partial charge on any atom is -0.378 e. The fourth-order valence-electron chi connectivity index (χ4n) is 3.18. The predicted octanol–water partition coefficient (Wildman–Crippen LogP) is 2.34. The first-order chi connectivity index (χ1) is 12.8. The van der Waals surface area contributed by atoms with Crippen molar-refractivity contribution in [3.63, 3.8) is 0 Å². The van der Waals surface area contributed by atoms with E-state index in [2.05, 4.69) is 25.2 Å². The number of ether oxygens (including phenoxy) is 1. The van der Waals surface area contributed by atoms with Crippen LogP contribution in [-0.4, -0.2) is 51.7 Å². The number of imidazole rings is 1. The lowest BCUT2D eigenvalue weighted by atomic mass is 10.3. The third-order valence-corrected chi connectivity index (χ3v) is 4.76. The number of hydrogen-bond acceptors (Lipinski definition) is 6. The number of pyridine rings is 1. The maximum absolute atomic E-state index is 14.4. The Labute approximate surface area is 149 Å². The van der Waals surface area contributed by atoms with E-state index in [1.54, 1.807) is 6.20 Å². The summed E-state index contributed by atoms with van der Waals surface area (Å²) in [4.78, 5) is 15.1. The van der Waals surface area contributed by atoms with Crippen LogP contribution in [0.25, 0.3) is 17.0 Å². The van der Waals surface area contributed by atoms with Crippen molar-refractivity contribution in [3.05, 3.63) is 36.5 Å². The Balaban J connectivity index is 1.55. The summed E-state index contributed by atoms with van der Waals surface area (Å²) >= 11 is 0. The van der Waals surface area contributed by atoms with Crippen LogP contribution in [0.3, 0.4) is 0 Å². The number of aromatic nitrogens is 4. The molecule has 26 heavy (non-hydrogen) atoms. The first-order valence-corrected chi connectivity index (χ1v) is 8.87. The van der Waals surface area contributed by atoms with Gasteiger partial charge in [0.25, 0.3) is 0 Å². The first-order valence-electron chi connectivity index (χ1n) is 8.87. The lowest BCUT2D eigenvalue weighted by Crippen LogP contribution is -2.36.